The first-order valence-electron chi connectivity index (χ1n) is 8.83. The molecule has 3 N–H and O–H groups in total. The maximum absolute atomic E-state index is 12.7. The zero-order valence-corrected chi connectivity index (χ0v) is 15.6. The van der Waals surface area contributed by atoms with Crippen molar-refractivity contribution >= 4 is 23.4 Å². The van der Waals surface area contributed by atoms with E-state index in [2.05, 4.69) is 5.32 Å². The van der Waals surface area contributed by atoms with Gasteiger partial charge in [0.15, 0.2) is 0 Å². The highest BCUT2D eigenvalue weighted by atomic mass is 35.5. The molecule has 1 aliphatic rings. The summed E-state index contributed by atoms with van der Waals surface area (Å²) in [6, 6.07) is 14.1. The monoisotopic (exact) mass is 387 g/mol. The third kappa shape index (κ3) is 4.99. The summed E-state index contributed by atoms with van der Waals surface area (Å²) in [7, 11) is 0. The van der Waals surface area contributed by atoms with Crippen LogP contribution in [-0.2, 0) is 4.79 Å². The number of piperazine rings is 1. The Labute approximate surface area is 163 Å². The van der Waals surface area contributed by atoms with Gasteiger partial charge in [-0.25, -0.2) is 0 Å². The lowest BCUT2D eigenvalue weighted by atomic mass is 10.0. The number of nitrogens with one attached hydrogen (secondary N) is 1. The predicted octanol–water partition coefficient (Wildman–Crippen LogP) is 2.38. The molecule has 1 aliphatic heterocycles. The van der Waals surface area contributed by atoms with Gasteiger partial charge in [0.25, 0.3) is 0 Å². The molecule has 2 aromatic carbocycles. The van der Waals surface area contributed by atoms with Gasteiger partial charge < -0.3 is 20.7 Å². The van der Waals surface area contributed by atoms with E-state index in [4.69, 9.17) is 22.1 Å². The van der Waals surface area contributed by atoms with Gasteiger partial charge in [-0.15, -0.1) is 0 Å². The summed E-state index contributed by atoms with van der Waals surface area (Å²) in [6.45, 7) is 2.37. The Hall–Kier alpha value is -2.57. The van der Waals surface area contributed by atoms with E-state index in [0.717, 1.165) is 12.1 Å². The van der Waals surface area contributed by atoms with Crippen molar-refractivity contribution in [1.29, 1.82) is 0 Å². The summed E-state index contributed by atoms with van der Waals surface area (Å²) in [4.78, 5) is 25.7. The lowest BCUT2D eigenvalue weighted by molar-refractivity contribution is -0.135. The summed E-state index contributed by atoms with van der Waals surface area (Å²) in [6.07, 6.45) is 0.272. The molecule has 1 heterocycles. The number of primary amides is 1. The van der Waals surface area contributed by atoms with Crippen LogP contribution in [-0.4, -0.2) is 43.0 Å². The third-order valence-corrected chi connectivity index (χ3v) is 4.76. The first-order chi connectivity index (χ1) is 13.0. The van der Waals surface area contributed by atoms with Crippen LogP contribution in [0.2, 0.25) is 5.02 Å². The number of rotatable bonds is 6. The van der Waals surface area contributed by atoms with Crippen LogP contribution in [0.1, 0.15) is 28.4 Å². The van der Waals surface area contributed by atoms with Crippen molar-refractivity contribution in [2.24, 2.45) is 5.73 Å². The fourth-order valence-corrected chi connectivity index (χ4v) is 3.33. The molecule has 1 fully saturated rings. The van der Waals surface area contributed by atoms with Crippen molar-refractivity contribution in [1.82, 2.24) is 10.2 Å². The summed E-state index contributed by atoms with van der Waals surface area (Å²) in [5.41, 5.74) is 6.65. The van der Waals surface area contributed by atoms with Crippen molar-refractivity contribution in [2.45, 2.75) is 12.5 Å². The van der Waals surface area contributed by atoms with Crippen molar-refractivity contribution < 1.29 is 14.3 Å². The molecular weight excluding hydrogens is 366 g/mol. The summed E-state index contributed by atoms with van der Waals surface area (Å²) in [5.74, 6) is 0.150. The molecule has 1 atom stereocenters. The van der Waals surface area contributed by atoms with E-state index in [1.807, 2.05) is 29.2 Å². The normalized spacial score (nSPS) is 16.8. The lowest BCUT2D eigenvalue weighted by Crippen LogP contribution is -2.48. The van der Waals surface area contributed by atoms with Gasteiger partial charge in [0.1, 0.15) is 5.75 Å². The second kappa shape index (κ2) is 8.88. The summed E-state index contributed by atoms with van der Waals surface area (Å²) in [5, 5.41) is 3.99. The quantitative estimate of drug-likeness (QED) is 0.797. The minimum Gasteiger partial charge on any atom is -0.493 e. The van der Waals surface area contributed by atoms with E-state index in [1.54, 1.807) is 24.3 Å². The van der Waals surface area contributed by atoms with E-state index in [1.165, 1.54) is 0 Å². The fourth-order valence-electron chi connectivity index (χ4n) is 3.13. The molecule has 6 nitrogen and oxygen atoms in total. The van der Waals surface area contributed by atoms with Crippen molar-refractivity contribution in [3.8, 4) is 5.75 Å². The smallest absolute Gasteiger partial charge is 0.248 e. The van der Waals surface area contributed by atoms with Gasteiger partial charge in [-0.3, -0.25) is 9.59 Å². The van der Waals surface area contributed by atoms with Gasteiger partial charge in [-0.05, 0) is 42.0 Å². The molecular formula is C20H22ClN3O3. The number of hydrogen-bond donors (Lipinski definition) is 2. The highest BCUT2D eigenvalue weighted by Gasteiger charge is 2.27. The molecule has 0 aliphatic carbocycles. The Bertz CT molecular complexity index is 810. The first kappa shape index (κ1) is 19.2. The molecule has 0 saturated carbocycles. The predicted molar refractivity (Wildman–Crippen MR) is 104 cm³/mol. The van der Waals surface area contributed by atoms with E-state index >= 15 is 0 Å². The SMILES string of the molecule is NC(=O)c1ccc(OCCC(=O)N2CCNCC2c2cccc(Cl)c2)cc1. The van der Waals surface area contributed by atoms with Gasteiger partial charge in [-0.1, -0.05) is 23.7 Å². The molecule has 2 aromatic rings. The van der Waals surface area contributed by atoms with Gasteiger partial charge in [0, 0.05) is 30.2 Å². The zero-order valence-electron chi connectivity index (χ0n) is 14.9. The topological polar surface area (TPSA) is 84.7 Å². The van der Waals surface area contributed by atoms with Crippen LogP contribution in [0.4, 0.5) is 0 Å². The number of amides is 2. The van der Waals surface area contributed by atoms with Gasteiger partial charge >= 0.3 is 0 Å². The van der Waals surface area contributed by atoms with Gasteiger partial charge in [0.05, 0.1) is 19.1 Å². The third-order valence-electron chi connectivity index (χ3n) is 4.52. The van der Waals surface area contributed by atoms with Crippen LogP contribution < -0.4 is 15.8 Å². The Morgan fingerprint density at radius 3 is 2.70 bits per heavy atom. The number of benzene rings is 2. The van der Waals surface area contributed by atoms with E-state index in [0.29, 0.717) is 29.4 Å². The number of carbonyl (C=O) groups excluding carboxylic acids is 2. The van der Waals surface area contributed by atoms with Crippen LogP contribution >= 0.6 is 11.6 Å². The number of nitrogens with two attached hydrogens (primary N) is 1. The summed E-state index contributed by atoms with van der Waals surface area (Å²) < 4.78 is 5.63. The molecule has 1 unspecified atom stereocenters. The average Bonchev–Trinajstić information content (AvgIpc) is 2.68. The van der Waals surface area contributed by atoms with E-state index in [-0.39, 0.29) is 25.0 Å². The van der Waals surface area contributed by atoms with E-state index in [9.17, 15) is 9.59 Å². The molecule has 142 valence electrons. The Morgan fingerprint density at radius 2 is 2.00 bits per heavy atom. The molecule has 7 heteroatoms. The minimum absolute atomic E-state index is 0.0373. The van der Waals surface area contributed by atoms with Crippen LogP contribution in [0.15, 0.2) is 48.5 Å². The second-order valence-corrected chi connectivity index (χ2v) is 6.79. The molecule has 2 amide bonds. The Morgan fingerprint density at radius 1 is 1.22 bits per heavy atom. The van der Waals surface area contributed by atoms with E-state index < -0.39 is 5.91 Å². The van der Waals surface area contributed by atoms with Crippen LogP contribution in [0.3, 0.4) is 0 Å². The lowest BCUT2D eigenvalue weighted by Gasteiger charge is -2.36. The number of halogens is 1. The maximum atomic E-state index is 12.7. The highest BCUT2D eigenvalue weighted by Crippen LogP contribution is 2.25. The average molecular weight is 388 g/mol. The van der Waals surface area contributed by atoms with Crippen LogP contribution in [0, 0.1) is 0 Å². The van der Waals surface area contributed by atoms with Crippen LogP contribution in [0.5, 0.6) is 5.75 Å². The van der Waals surface area contributed by atoms with Crippen LogP contribution in [0.25, 0.3) is 0 Å². The molecule has 0 spiro atoms. The maximum Gasteiger partial charge on any atom is 0.248 e. The number of ether oxygens (including phenoxy) is 1. The Kier molecular flexibility index (Phi) is 6.32. The molecule has 27 heavy (non-hydrogen) atoms. The van der Waals surface area contributed by atoms with Gasteiger partial charge in [0.2, 0.25) is 11.8 Å². The van der Waals surface area contributed by atoms with Crippen molar-refractivity contribution in [3.05, 3.63) is 64.7 Å². The number of hydrogen-bond acceptors (Lipinski definition) is 4. The highest BCUT2D eigenvalue weighted by molar-refractivity contribution is 6.30. The standard InChI is InChI=1S/C20H22ClN3O3/c21-16-3-1-2-15(12-16)18-13-23-9-10-24(18)19(25)8-11-27-17-6-4-14(5-7-17)20(22)26/h1-7,12,18,23H,8-11,13H2,(H2,22,26). The minimum atomic E-state index is -0.484. The van der Waals surface area contributed by atoms with Gasteiger partial charge in [-0.2, -0.15) is 0 Å². The molecule has 1 saturated heterocycles. The second-order valence-electron chi connectivity index (χ2n) is 6.35. The molecule has 0 bridgehead atoms. The largest absolute Gasteiger partial charge is 0.493 e. The fraction of sp³-hybridized carbons (Fsp3) is 0.300. The molecule has 3 rings (SSSR count). The van der Waals surface area contributed by atoms with Crippen molar-refractivity contribution in [2.75, 3.05) is 26.2 Å². The number of nitrogens with zero attached hydrogens (tertiary/aromatic N) is 1. The molecule has 0 radical (unpaired) electrons. The number of carbonyl (C=O) groups is 2. The first-order valence-corrected chi connectivity index (χ1v) is 9.21. The van der Waals surface area contributed by atoms with Crippen molar-refractivity contribution in [3.63, 3.8) is 0 Å². The Balaban J connectivity index is 1.58. The molecule has 0 aromatic heterocycles. The summed E-state index contributed by atoms with van der Waals surface area (Å²) >= 11 is 6.10. The zero-order chi connectivity index (χ0) is 19.2.